The smallest absolute Gasteiger partial charge is 0.306 e. The number of aliphatic hydroxyl groups is 2. The van der Waals surface area contributed by atoms with Gasteiger partial charge in [-0.2, -0.15) is 0 Å². The Morgan fingerprint density at radius 2 is 0.785 bits per heavy atom. The molecule has 0 bridgehead atoms. The maximum atomic E-state index is 13.2. The molecular weight excluding hydrogens is 803 g/mol. The highest BCUT2D eigenvalue weighted by Crippen LogP contribution is 2.18. The predicted molar refractivity (Wildman–Crippen MR) is 282 cm³/mol. The summed E-state index contributed by atoms with van der Waals surface area (Å²) in [6.07, 6.45) is 63.5. The highest BCUT2D eigenvalue weighted by Gasteiger charge is 2.24. The first kappa shape index (κ1) is 63.1. The number of allylic oxidation sites excluding steroid dienone is 6. The fourth-order valence-electron chi connectivity index (χ4n) is 8.81. The van der Waals surface area contributed by atoms with Crippen molar-refractivity contribution in [2.75, 3.05) is 6.61 Å². The second kappa shape index (κ2) is 53.0. The Morgan fingerprint density at radius 3 is 1.22 bits per heavy atom. The quantitative estimate of drug-likeness (QED) is 0.0321. The second-order valence-corrected chi connectivity index (χ2v) is 19.7. The summed E-state index contributed by atoms with van der Waals surface area (Å²) in [5.74, 6) is -0.478. The molecule has 6 heteroatoms. The Balaban J connectivity index is 4.56. The Hall–Kier alpha value is -1.92. The maximum Gasteiger partial charge on any atom is 0.306 e. The number of esters is 1. The Bertz CT molecular complexity index is 1070. The molecule has 0 aromatic carbocycles. The van der Waals surface area contributed by atoms with Crippen molar-refractivity contribution < 1.29 is 24.5 Å². The Morgan fingerprint density at radius 1 is 0.446 bits per heavy atom. The molecule has 0 saturated heterocycles. The largest absolute Gasteiger partial charge is 0.462 e. The van der Waals surface area contributed by atoms with Crippen LogP contribution in [0.5, 0.6) is 0 Å². The van der Waals surface area contributed by atoms with Crippen molar-refractivity contribution in [2.45, 2.75) is 322 Å². The fourth-order valence-corrected chi connectivity index (χ4v) is 8.81. The molecule has 0 fully saturated rings. The third-order valence-electron chi connectivity index (χ3n) is 13.2. The molecule has 3 atom stereocenters. The Kier molecular flexibility index (Phi) is 51.5. The van der Waals surface area contributed by atoms with Gasteiger partial charge in [0.25, 0.3) is 0 Å². The van der Waals surface area contributed by atoms with E-state index in [2.05, 4.69) is 62.5 Å². The van der Waals surface area contributed by atoms with Gasteiger partial charge in [0.05, 0.1) is 25.2 Å². The van der Waals surface area contributed by atoms with E-state index in [9.17, 15) is 19.8 Å². The van der Waals surface area contributed by atoms with Crippen LogP contribution in [-0.2, 0) is 14.3 Å². The van der Waals surface area contributed by atoms with Gasteiger partial charge >= 0.3 is 5.97 Å². The van der Waals surface area contributed by atoms with Gasteiger partial charge in [0.2, 0.25) is 5.91 Å². The monoisotopic (exact) mass is 914 g/mol. The van der Waals surface area contributed by atoms with E-state index in [1.54, 1.807) is 0 Å². The Labute approximate surface area is 404 Å². The summed E-state index contributed by atoms with van der Waals surface area (Å²) in [6, 6.07) is -0.704. The summed E-state index contributed by atoms with van der Waals surface area (Å²) in [5, 5.41) is 23.8. The number of hydrogen-bond acceptors (Lipinski definition) is 5. The molecule has 0 radical (unpaired) electrons. The van der Waals surface area contributed by atoms with Crippen molar-refractivity contribution in [1.29, 1.82) is 0 Å². The van der Waals surface area contributed by atoms with Gasteiger partial charge in [-0.05, 0) is 83.5 Å². The minimum Gasteiger partial charge on any atom is -0.462 e. The summed E-state index contributed by atoms with van der Waals surface area (Å²) in [4.78, 5) is 26.3. The van der Waals surface area contributed by atoms with Crippen molar-refractivity contribution in [3.63, 3.8) is 0 Å². The molecule has 3 unspecified atom stereocenters. The van der Waals surface area contributed by atoms with Gasteiger partial charge in [-0.15, -0.1) is 0 Å². The number of nitrogens with one attached hydrogen (secondary N) is 1. The molecule has 3 N–H and O–H groups in total. The van der Waals surface area contributed by atoms with E-state index in [1.807, 2.05) is 0 Å². The summed E-state index contributed by atoms with van der Waals surface area (Å²) in [7, 11) is 0. The van der Waals surface area contributed by atoms with Gasteiger partial charge in [-0.25, -0.2) is 0 Å². The van der Waals surface area contributed by atoms with E-state index >= 15 is 0 Å². The zero-order chi connectivity index (χ0) is 47.4. The van der Waals surface area contributed by atoms with Crippen molar-refractivity contribution >= 4 is 11.9 Å². The van der Waals surface area contributed by atoms with Gasteiger partial charge in [0.15, 0.2) is 0 Å². The number of carbonyl (C=O) groups is 2. The van der Waals surface area contributed by atoms with Gasteiger partial charge in [-0.3, -0.25) is 9.59 Å². The molecule has 0 aromatic rings. The van der Waals surface area contributed by atoms with Crippen LogP contribution in [0, 0.1) is 0 Å². The second-order valence-electron chi connectivity index (χ2n) is 19.7. The van der Waals surface area contributed by atoms with Crippen LogP contribution in [0.2, 0.25) is 0 Å². The summed E-state index contributed by atoms with van der Waals surface area (Å²) in [5.41, 5.74) is 0. The molecule has 6 nitrogen and oxygen atoms in total. The van der Waals surface area contributed by atoms with Gasteiger partial charge in [0.1, 0.15) is 6.10 Å². The van der Waals surface area contributed by atoms with E-state index in [0.29, 0.717) is 19.3 Å². The SMILES string of the molecule is CCCCC/C=C\C/C=C\CCCCCCCCCC(CC(=O)NC(CO)C(O)CCCCCCCCCCCCC)OC(=O)CCCCCCC/C=C/CCCCCCCCCCC. The fraction of sp³-hybridized carbons (Fsp3) is 0.864. The van der Waals surface area contributed by atoms with Crippen molar-refractivity contribution in [1.82, 2.24) is 5.32 Å². The lowest BCUT2D eigenvalue weighted by Gasteiger charge is -2.24. The molecule has 0 saturated carbocycles. The number of aliphatic hydroxyl groups excluding tert-OH is 2. The predicted octanol–water partition coefficient (Wildman–Crippen LogP) is 17.6. The van der Waals surface area contributed by atoms with Crippen molar-refractivity contribution in [3.05, 3.63) is 36.5 Å². The van der Waals surface area contributed by atoms with Crippen molar-refractivity contribution in [2.24, 2.45) is 0 Å². The molecule has 0 aliphatic heterocycles. The number of hydrogen-bond donors (Lipinski definition) is 3. The zero-order valence-corrected chi connectivity index (χ0v) is 43.6. The minimum atomic E-state index is -0.789. The molecular formula is C59H111NO5. The molecule has 0 heterocycles. The topological polar surface area (TPSA) is 95.9 Å². The molecule has 1 amide bonds. The molecule has 0 aliphatic rings. The number of carbonyl (C=O) groups excluding carboxylic acids is 2. The lowest BCUT2D eigenvalue weighted by Crippen LogP contribution is -2.46. The molecule has 0 rings (SSSR count). The van der Waals surface area contributed by atoms with E-state index in [-0.39, 0.29) is 24.9 Å². The van der Waals surface area contributed by atoms with E-state index in [1.165, 1.54) is 180 Å². The van der Waals surface area contributed by atoms with Crippen LogP contribution in [0.4, 0.5) is 0 Å². The average Bonchev–Trinajstić information content (AvgIpc) is 3.30. The first-order valence-electron chi connectivity index (χ1n) is 28.7. The molecule has 0 aromatic heterocycles. The van der Waals surface area contributed by atoms with Crippen LogP contribution in [0.25, 0.3) is 0 Å². The van der Waals surface area contributed by atoms with Crippen LogP contribution < -0.4 is 5.32 Å². The first-order valence-corrected chi connectivity index (χ1v) is 28.7. The minimum absolute atomic E-state index is 0.0716. The molecule has 0 spiro atoms. The summed E-state index contributed by atoms with van der Waals surface area (Å²) < 4.78 is 5.96. The lowest BCUT2D eigenvalue weighted by atomic mass is 10.0. The zero-order valence-electron chi connectivity index (χ0n) is 43.6. The van der Waals surface area contributed by atoms with E-state index in [0.717, 1.165) is 77.0 Å². The van der Waals surface area contributed by atoms with Gasteiger partial charge in [-0.1, -0.05) is 243 Å². The highest BCUT2D eigenvalue weighted by molar-refractivity contribution is 5.77. The highest BCUT2D eigenvalue weighted by atomic mass is 16.5. The average molecular weight is 915 g/mol. The number of amides is 1. The molecule has 382 valence electrons. The number of ether oxygens (including phenoxy) is 1. The van der Waals surface area contributed by atoms with Crippen LogP contribution in [0.1, 0.15) is 303 Å². The van der Waals surface area contributed by atoms with E-state index < -0.39 is 18.2 Å². The van der Waals surface area contributed by atoms with Gasteiger partial charge < -0.3 is 20.3 Å². The van der Waals surface area contributed by atoms with Crippen molar-refractivity contribution in [3.8, 4) is 0 Å². The third kappa shape index (κ3) is 48.3. The number of rotatable bonds is 52. The van der Waals surface area contributed by atoms with Crippen LogP contribution in [-0.4, -0.2) is 46.9 Å². The number of unbranched alkanes of at least 4 members (excludes halogenated alkanes) is 34. The summed E-state index contributed by atoms with van der Waals surface area (Å²) in [6.45, 7) is 6.48. The summed E-state index contributed by atoms with van der Waals surface area (Å²) >= 11 is 0. The molecule has 65 heavy (non-hydrogen) atoms. The normalized spacial score (nSPS) is 13.4. The standard InChI is InChI=1S/C59H111NO5/c1-4-7-10-13-16-19-22-24-26-28-30-32-34-37-40-43-46-49-52-59(64)65-55(50-47-44-41-38-36-33-31-29-27-25-23-20-17-14-11-8-5-2)53-58(63)60-56(54-61)57(62)51-48-45-42-39-35-21-18-15-12-9-6-3/h17,20,25,27,30,32,55-57,61-62H,4-16,18-19,21-24,26,28-29,31,33-54H2,1-3H3,(H,60,63)/b20-17-,27-25-,32-30+. The molecule has 0 aliphatic carbocycles. The van der Waals surface area contributed by atoms with Crippen LogP contribution >= 0.6 is 0 Å². The third-order valence-corrected chi connectivity index (χ3v) is 13.2. The van der Waals surface area contributed by atoms with Gasteiger partial charge in [0, 0.05) is 6.42 Å². The first-order chi connectivity index (χ1) is 32.0. The van der Waals surface area contributed by atoms with Crippen LogP contribution in [0.15, 0.2) is 36.5 Å². The maximum absolute atomic E-state index is 13.2. The van der Waals surface area contributed by atoms with E-state index in [4.69, 9.17) is 4.74 Å². The lowest BCUT2D eigenvalue weighted by molar-refractivity contribution is -0.151. The van der Waals surface area contributed by atoms with Crippen LogP contribution in [0.3, 0.4) is 0 Å².